The van der Waals surface area contributed by atoms with Gasteiger partial charge in [-0.25, -0.2) is 14.8 Å². The molecule has 0 saturated carbocycles. The molecule has 23 heavy (non-hydrogen) atoms. The van der Waals surface area contributed by atoms with Gasteiger partial charge >= 0.3 is 5.97 Å². The average Bonchev–Trinajstić information content (AvgIpc) is 2.53. The van der Waals surface area contributed by atoms with Crippen molar-refractivity contribution in [2.24, 2.45) is 5.73 Å². The van der Waals surface area contributed by atoms with Crippen LogP contribution in [-0.2, 0) is 9.53 Å². The number of primary amides is 1. The third kappa shape index (κ3) is 4.19. The van der Waals surface area contributed by atoms with Crippen molar-refractivity contribution in [1.29, 1.82) is 0 Å². The first-order chi connectivity index (χ1) is 11.0. The number of amides is 1. The first-order valence-electron chi connectivity index (χ1n) is 6.83. The summed E-state index contributed by atoms with van der Waals surface area (Å²) in [5.74, 6) is -1.11. The molecule has 0 spiro atoms. The van der Waals surface area contributed by atoms with E-state index in [9.17, 15) is 9.59 Å². The van der Waals surface area contributed by atoms with Crippen LogP contribution >= 0.6 is 11.8 Å². The molecule has 2 rings (SSSR count). The largest absolute Gasteiger partial charge is 0.462 e. The predicted molar refractivity (Wildman–Crippen MR) is 86.6 cm³/mol. The summed E-state index contributed by atoms with van der Waals surface area (Å²) in [6, 6.07) is 9.04. The standard InChI is InChI=1S/C15H16N4O3S/c1-2-22-14(21)10-8-18-15(19-12(10)16)23-11(13(17)20)9-6-4-3-5-7-9/h3-8,11H,2H2,1H3,(H2,17,20)(H2,16,18,19). The molecule has 1 amide bonds. The molecule has 4 N–H and O–H groups in total. The lowest BCUT2D eigenvalue weighted by atomic mass is 10.1. The molecule has 0 aliphatic carbocycles. The highest BCUT2D eigenvalue weighted by Crippen LogP contribution is 2.33. The van der Waals surface area contributed by atoms with Crippen molar-refractivity contribution >= 4 is 29.5 Å². The molecule has 1 aromatic carbocycles. The molecule has 1 unspecified atom stereocenters. The van der Waals surface area contributed by atoms with Crippen LogP contribution in [0.5, 0.6) is 0 Å². The maximum absolute atomic E-state index is 11.7. The van der Waals surface area contributed by atoms with E-state index in [1.807, 2.05) is 18.2 Å². The molecule has 0 radical (unpaired) electrons. The number of carbonyl (C=O) groups excluding carboxylic acids is 2. The van der Waals surface area contributed by atoms with Gasteiger partial charge in [-0.2, -0.15) is 0 Å². The SMILES string of the molecule is CCOC(=O)c1cnc(SC(C(N)=O)c2ccccc2)nc1N. The number of carbonyl (C=O) groups is 2. The summed E-state index contributed by atoms with van der Waals surface area (Å²) in [5, 5.41) is -0.396. The third-order valence-electron chi connectivity index (χ3n) is 2.88. The zero-order valence-corrected chi connectivity index (χ0v) is 13.2. The van der Waals surface area contributed by atoms with Crippen LogP contribution in [0.1, 0.15) is 28.1 Å². The molecular weight excluding hydrogens is 316 g/mol. The van der Waals surface area contributed by atoms with Crippen molar-refractivity contribution in [2.75, 3.05) is 12.3 Å². The molecule has 7 nitrogen and oxygen atoms in total. The first-order valence-corrected chi connectivity index (χ1v) is 7.71. The highest BCUT2D eigenvalue weighted by atomic mass is 32.2. The van der Waals surface area contributed by atoms with Crippen molar-refractivity contribution in [1.82, 2.24) is 9.97 Å². The fourth-order valence-corrected chi connectivity index (χ4v) is 2.71. The molecular formula is C15H16N4O3S. The second-order valence-corrected chi connectivity index (χ2v) is 5.56. The molecule has 120 valence electrons. The average molecular weight is 332 g/mol. The van der Waals surface area contributed by atoms with Gasteiger partial charge in [0, 0.05) is 6.20 Å². The van der Waals surface area contributed by atoms with Crippen molar-refractivity contribution in [3.63, 3.8) is 0 Å². The Morgan fingerprint density at radius 3 is 2.57 bits per heavy atom. The van der Waals surface area contributed by atoms with Crippen LogP contribution in [0.25, 0.3) is 0 Å². The van der Waals surface area contributed by atoms with Gasteiger partial charge < -0.3 is 16.2 Å². The minimum Gasteiger partial charge on any atom is -0.462 e. The van der Waals surface area contributed by atoms with E-state index in [1.165, 1.54) is 6.20 Å². The van der Waals surface area contributed by atoms with Crippen molar-refractivity contribution < 1.29 is 14.3 Å². The number of anilines is 1. The number of thioether (sulfide) groups is 1. The normalized spacial score (nSPS) is 11.7. The van der Waals surface area contributed by atoms with E-state index in [2.05, 4.69) is 9.97 Å². The van der Waals surface area contributed by atoms with Gasteiger partial charge in [0.15, 0.2) is 5.16 Å². The molecule has 0 aliphatic rings. The fourth-order valence-electron chi connectivity index (χ4n) is 1.82. The Balaban J connectivity index is 2.23. The molecule has 0 saturated heterocycles. The topological polar surface area (TPSA) is 121 Å². The summed E-state index contributed by atoms with van der Waals surface area (Å²) in [6.07, 6.45) is 1.28. The number of aromatic nitrogens is 2. The van der Waals surface area contributed by atoms with Crippen molar-refractivity contribution in [3.05, 3.63) is 47.7 Å². The minimum atomic E-state index is -0.649. The summed E-state index contributed by atoms with van der Waals surface area (Å²) in [6.45, 7) is 1.92. The summed E-state index contributed by atoms with van der Waals surface area (Å²) in [4.78, 5) is 31.5. The maximum Gasteiger partial charge on any atom is 0.343 e. The van der Waals surface area contributed by atoms with Crippen LogP contribution in [-0.4, -0.2) is 28.5 Å². The number of nitrogen functional groups attached to an aromatic ring is 1. The van der Waals surface area contributed by atoms with Crippen LogP contribution in [0.2, 0.25) is 0 Å². The van der Waals surface area contributed by atoms with E-state index >= 15 is 0 Å². The molecule has 2 aromatic rings. The monoisotopic (exact) mass is 332 g/mol. The van der Waals surface area contributed by atoms with Gasteiger partial charge in [-0.1, -0.05) is 42.1 Å². The van der Waals surface area contributed by atoms with Crippen LogP contribution in [0.3, 0.4) is 0 Å². The van der Waals surface area contributed by atoms with Gasteiger partial charge in [-0.05, 0) is 12.5 Å². The van der Waals surface area contributed by atoms with Gasteiger partial charge in [-0.3, -0.25) is 4.79 Å². The Bertz CT molecular complexity index is 709. The lowest BCUT2D eigenvalue weighted by Crippen LogP contribution is -2.19. The maximum atomic E-state index is 11.7. The van der Waals surface area contributed by atoms with Gasteiger partial charge in [0.1, 0.15) is 16.6 Å². The lowest BCUT2D eigenvalue weighted by molar-refractivity contribution is -0.117. The van der Waals surface area contributed by atoms with Gasteiger partial charge in [0.05, 0.1) is 6.61 Å². The molecule has 0 aliphatic heterocycles. The van der Waals surface area contributed by atoms with E-state index in [0.717, 1.165) is 17.3 Å². The first kappa shape index (κ1) is 16.8. The Hall–Kier alpha value is -2.61. The van der Waals surface area contributed by atoms with E-state index in [1.54, 1.807) is 19.1 Å². The molecule has 1 heterocycles. The third-order valence-corrected chi connectivity index (χ3v) is 4.02. The minimum absolute atomic E-state index is 0.00256. The number of ether oxygens (including phenoxy) is 1. The Kier molecular flexibility index (Phi) is 5.53. The zero-order chi connectivity index (χ0) is 16.8. The second kappa shape index (κ2) is 7.59. The number of nitrogens with zero attached hydrogens (tertiary/aromatic N) is 2. The molecule has 1 atom stereocenters. The highest BCUT2D eigenvalue weighted by molar-refractivity contribution is 8.00. The van der Waals surface area contributed by atoms with Gasteiger partial charge in [-0.15, -0.1) is 0 Å². The molecule has 8 heteroatoms. The number of benzene rings is 1. The highest BCUT2D eigenvalue weighted by Gasteiger charge is 2.22. The quantitative estimate of drug-likeness (QED) is 0.467. The van der Waals surface area contributed by atoms with Crippen molar-refractivity contribution in [2.45, 2.75) is 17.3 Å². The number of hydrogen-bond acceptors (Lipinski definition) is 7. The van der Waals surface area contributed by atoms with Crippen LogP contribution < -0.4 is 11.5 Å². The van der Waals surface area contributed by atoms with Gasteiger partial charge in [0.2, 0.25) is 5.91 Å². The fraction of sp³-hybridized carbons (Fsp3) is 0.200. The summed E-state index contributed by atoms with van der Waals surface area (Å²) in [5.41, 5.74) is 12.0. The number of rotatable bonds is 6. The van der Waals surface area contributed by atoms with Gasteiger partial charge in [0.25, 0.3) is 0 Å². The Morgan fingerprint density at radius 1 is 1.30 bits per heavy atom. The summed E-state index contributed by atoms with van der Waals surface area (Å²) >= 11 is 1.07. The Labute approximate surface area is 137 Å². The van der Waals surface area contributed by atoms with Crippen LogP contribution in [0.15, 0.2) is 41.7 Å². The second-order valence-electron chi connectivity index (χ2n) is 4.48. The predicted octanol–water partition coefficient (Wildman–Crippen LogP) is 1.55. The molecule has 0 fully saturated rings. The lowest BCUT2D eigenvalue weighted by Gasteiger charge is -2.13. The summed E-state index contributed by atoms with van der Waals surface area (Å²) in [7, 11) is 0. The zero-order valence-electron chi connectivity index (χ0n) is 12.4. The molecule has 1 aromatic heterocycles. The number of hydrogen-bond donors (Lipinski definition) is 2. The molecule has 0 bridgehead atoms. The van der Waals surface area contributed by atoms with E-state index in [-0.39, 0.29) is 23.1 Å². The number of esters is 1. The van der Waals surface area contributed by atoms with E-state index < -0.39 is 17.1 Å². The van der Waals surface area contributed by atoms with Crippen LogP contribution in [0, 0.1) is 0 Å². The van der Waals surface area contributed by atoms with E-state index in [0.29, 0.717) is 0 Å². The van der Waals surface area contributed by atoms with E-state index in [4.69, 9.17) is 16.2 Å². The van der Waals surface area contributed by atoms with Crippen molar-refractivity contribution in [3.8, 4) is 0 Å². The smallest absolute Gasteiger partial charge is 0.343 e. The number of nitrogens with two attached hydrogens (primary N) is 2. The summed E-state index contributed by atoms with van der Waals surface area (Å²) < 4.78 is 4.86. The van der Waals surface area contributed by atoms with Crippen LogP contribution in [0.4, 0.5) is 5.82 Å². The Morgan fingerprint density at radius 2 is 2.00 bits per heavy atom.